The Morgan fingerprint density at radius 2 is 1.00 bits per heavy atom. The normalized spacial score (nSPS) is 13.2. The number of pyridine rings is 1. The molecular formula is C70H69FN4O. The lowest BCUT2D eigenvalue weighted by atomic mass is 9.78. The molecule has 0 radical (unpaired) electrons. The van der Waals surface area contributed by atoms with E-state index in [1.54, 1.807) is 12.1 Å². The molecule has 8 aromatic carbocycles. The number of ether oxygens (including phenoxy) is 1. The Morgan fingerprint density at radius 3 is 1.66 bits per heavy atom. The van der Waals surface area contributed by atoms with Gasteiger partial charge in [0.1, 0.15) is 29.8 Å². The average molecular weight is 1000 g/mol. The van der Waals surface area contributed by atoms with Crippen LogP contribution in [-0.2, 0) is 21.7 Å². The van der Waals surface area contributed by atoms with Crippen molar-refractivity contribution in [3.63, 3.8) is 0 Å². The van der Waals surface area contributed by atoms with Gasteiger partial charge in [0.25, 0.3) is 0 Å². The number of fused-ring (bicyclic) bond motifs is 4. The predicted molar refractivity (Wildman–Crippen MR) is 318 cm³/mol. The molecule has 0 bridgehead atoms. The fraction of sp³-hybridized carbons (Fsp3) is 0.243. The minimum absolute atomic E-state index is 0.0399. The van der Waals surface area contributed by atoms with Crippen LogP contribution in [0.2, 0.25) is 0 Å². The van der Waals surface area contributed by atoms with Gasteiger partial charge in [-0.1, -0.05) is 174 Å². The summed E-state index contributed by atoms with van der Waals surface area (Å²) in [6.45, 7) is 27.8. The summed E-state index contributed by atoms with van der Waals surface area (Å²) in [7, 11) is 0. The van der Waals surface area contributed by atoms with Gasteiger partial charge in [-0.2, -0.15) is 0 Å². The topological polar surface area (TPSA) is 33.5 Å². The van der Waals surface area contributed by atoms with Crippen molar-refractivity contribution in [2.45, 2.75) is 105 Å². The summed E-state index contributed by atoms with van der Waals surface area (Å²) in [5, 5.41) is 2.30. The molecule has 0 atom stereocenters. The number of halogens is 1. The van der Waals surface area contributed by atoms with Crippen molar-refractivity contribution in [2.75, 3.05) is 16.5 Å². The van der Waals surface area contributed by atoms with E-state index in [-0.39, 0.29) is 27.5 Å². The van der Waals surface area contributed by atoms with E-state index in [9.17, 15) is 4.39 Å². The summed E-state index contributed by atoms with van der Waals surface area (Å²) in [4.78, 5) is 9.83. The van der Waals surface area contributed by atoms with Crippen LogP contribution in [0.15, 0.2) is 188 Å². The molecule has 11 rings (SSSR count). The number of hydrogen-bond acceptors (Lipinski definition) is 4. The van der Waals surface area contributed by atoms with Crippen LogP contribution in [0.4, 0.5) is 27.1 Å². The van der Waals surface area contributed by atoms with Gasteiger partial charge in [-0.15, -0.1) is 0 Å². The van der Waals surface area contributed by atoms with Crippen LogP contribution < -0.4 is 14.5 Å². The van der Waals surface area contributed by atoms with Crippen molar-refractivity contribution in [3.8, 4) is 50.7 Å². The maximum Gasteiger partial charge on any atom is 0.137 e. The van der Waals surface area contributed by atoms with Crippen molar-refractivity contribution in [3.05, 3.63) is 216 Å². The van der Waals surface area contributed by atoms with Crippen molar-refractivity contribution in [1.29, 1.82) is 0 Å². The van der Waals surface area contributed by atoms with E-state index in [4.69, 9.17) is 9.72 Å². The molecule has 76 heavy (non-hydrogen) atoms. The molecule has 10 aromatic rings. The molecule has 0 fully saturated rings. The van der Waals surface area contributed by atoms with E-state index in [1.807, 2.05) is 18.3 Å². The van der Waals surface area contributed by atoms with Gasteiger partial charge in [0, 0.05) is 45.9 Å². The fourth-order valence-corrected chi connectivity index (χ4v) is 10.7. The molecule has 2 aromatic heterocycles. The first kappa shape index (κ1) is 50.2. The van der Waals surface area contributed by atoms with Gasteiger partial charge < -0.3 is 14.5 Å². The molecule has 3 heterocycles. The average Bonchev–Trinajstić information content (AvgIpc) is 4.04. The van der Waals surface area contributed by atoms with Gasteiger partial charge in [-0.25, -0.2) is 9.37 Å². The van der Waals surface area contributed by atoms with E-state index in [2.05, 4.69) is 255 Å². The minimum Gasteiger partial charge on any atom is -0.457 e. The number of rotatable bonds is 8. The molecule has 0 aliphatic carbocycles. The third kappa shape index (κ3) is 9.55. The molecule has 0 amide bonds. The second-order valence-corrected chi connectivity index (χ2v) is 24.8. The molecule has 0 unspecified atom stereocenters. The summed E-state index contributed by atoms with van der Waals surface area (Å²) >= 11 is 0. The maximum atomic E-state index is 14.9. The van der Waals surface area contributed by atoms with E-state index < -0.39 is 0 Å². The third-order valence-electron chi connectivity index (χ3n) is 15.2. The zero-order valence-electron chi connectivity index (χ0n) is 46.2. The highest BCUT2D eigenvalue weighted by Crippen LogP contribution is 2.53. The molecule has 0 spiro atoms. The summed E-state index contributed by atoms with van der Waals surface area (Å²) in [5.41, 5.74) is 17.2. The zero-order chi connectivity index (χ0) is 53.5. The molecule has 1 aliphatic rings. The number of hydrogen-bond donors (Lipinski definition) is 0. The van der Waals surface area contributed by atoms with Crippen LogP contribution in [0.5, 0.6) is 11.5 Å². The molecule has 0 N–H and O–H groups in total. The van der Waals surface area contributed by atoms with Crippen LogP contribution in [0, 0.1) is 5.82 Å². The zero-order valence-corrected chi connectivity index (χ0v) is 46.2. The van der Waals surface area contributed by atoms with E-state index in [1.165, 1.54) is 22.1 Å². The van der Waals surface area contributed by atoms with E-state index in [0.29, 0.717) is 6.67 Å². The highest BCUT2D eigenvalue weighted by atomic mass is 19.1. The fourth-order valence-electron chi connectivity index (χ4n) is 10.7. The largest absolute Gasteiger partial charge is 0.457 e. The molecule has 382 valence electrons. The predicted octanol–water partition coefficient (Wildman–Crippen LogP) is 19.5. The first-order valence-electron chi connectivity index (χ1n) is 26.7. The lowest BCUT2D eigenvalue weighted by molar-refractivity contribution is 0.479. The molecule has 5 nitrogen and oxygen atoms in total. The number of benzene rings is 8. The highest BCUT2D eigenvalue weighted by molar-refractivity contribution is 6.09. The van der Waals surface area contributed by atoms with Crippen LogP contribution in [0.1, 0.15) is 105 Å². The van der Waals surface area contributed by atoms with Crippen molar-refractivity contribution >= 4 is 44.6 Å². The van der Waals surface area contributed by atoms with E-state index >= 15 is 0 Å². The lowest BCUT2D eigenvalue weighted by Gasteiger charge is -2.30. The Balaban J connectivity index is 1.08. The highest BCUT2D eigenvalue weighted by Gasteiger charge is 2.34. The second-order valence-electron chi connectivity index (χ2n) is 24.8. The van der Waals surface area contributed by atoms with Gasteiger partial charge in [-0.05, 0) is 145 Å². The number of aromatic nitrogens is 2. The van der Waals surface area contributed by atoms with Crippen molar-refractivity contribution in [1.82, 2.24) is 9.55 Å². The summed E-state index contributed by atoms with van der Waals surface area (Å²) in [6.07, 6.45) is 1.92. The van der Waals surface area contributed by atoms with Gasteiger partial charge in [0.05, 0.1) is 28.1 Å². The maximum absolute atomic E-state index is 14.9. The number of nitrogens with zero attached hydrogens (tertiary/aromatic N) is 4. The van der Waals surface area contributed by atoms with Crippen LogP contribution in [-0.4, -0.2) is 16.2 Å². The van der Waals surface area contributed by atoms with Crippen molar-refractivity contribution < 1.29 is 9.13 Å². The minimum atomic E-state index is -0.267. The first-order chi connectivity index (χ1) is 36.1. The standard InChI is InChI=1S/C70H69FN4O/c1-67(2,3)49-32-33-72-65(41-49)75-61-23-17-16-22-57(61)58-31-30-55(43-64(58)75)76-56-40-52(70(10,11)12)39-54(42-56)73-44-74(63-25-19-18-24-62(63)73)66-59(46-26-28-53(71)29-27-46)36-47(45-20-14-13-15-21-45)37-60(66)48-34-50(68(4,5)6)38-51(35-48)69(7,8)9/h13-43H,44H2,1-12H3. The summed E-state index contributed by atoms with van der Waals surface area (Å²) in [5.74, 6) is 2.10. The Labute approximate surface area is 449 Å². The van der Waals surface area contributed by atoms with Crippen LogP contribution >= 0.6 is 0 Å². The Bertz CT molecular complexity index is 3790. The first-order valence-corrected chi connectivity index (χ1v) is 26.7. The summed E-state index contributed by atoms with van der Waals surface area (Å²) < 4.78 is 24.3. The van der Waals surface area contributed by atoms with Crippen LogP contribution in [0.3, 0.4) is 0 Å². The van der Waals surface area contributed by atoms with Gasteiger partial charge in [0.2, 0.25) is 0 Å². The Kier molecular flexibility index (Phi) is 12.4. The SMILES string of the molecule is CC(C)(C)c1cc(Oc2ccc3c4ccccc4n(-c4cc(C(C)(C)C)ccn4)c3c2)cc(N2CN(c3c(-c4ccc(F)cc4)cc(-c4ccccc4)cc3-c3cc(C(C)(C)C)cc(C(C)(C)C)c3)c3ccccc32)c1. The summed E-state index contributed by atoms with van der Waals surface area (Å²) in [6, 6.07) is 64.2. The van der Waals surface area contributed by atoms with Gasteiger partial charge in [-0.3, -0.25) is 4.57 Å². The Morgan fingerprint density at radius 1 is 0.421 bits per heavy atom. The molecule has 1 aliphatic heterocycles. The number of anilines is 4. The number of para-hydroxylation sites is 3. The smallest absolute Gasteiger partial charge is 0.137 e. The second kappa shape index (κ2) is 18.7. The lowest BCUT2D eigenvalue weighted by Crippen LogP contribution is -2.25. The van der Waals surface area contributed by atoms with Gasteiger partial charge >= 0.3 is 0 Å². The monoisotopic (exact) mass is 1000 g/mol. The van der Waals surface area contributed by atoms with Crippen LogP contribution in [0.25, 0.3) is 61.0 Å². The van der Waals surface area contributed by atoms with E-state index in [0.717, 1.165) is 95.4 Å². The molecule has 0 saturated heterocycles. The molecule has 0 saturated carbocycles. The molecule has 6 heteroatoms. The molecular weight excluding hydrogens is 932 g/mol. The third-order valence-corrected chi connectivity index (χ3v) is 15.2. The van der Waals surface area contributed by atoms with Crippen molar-refractivity contribution in [2.24, 2.45) is 0 Å². The van der Waals surface area contributed by atoms with Gasteiger partial charge in [0.15, 0.2) is 0 Å². The Hall–Kier alpha value is -7.96. The quantitative estimate of drug-likeness (QED) is 0.152.